The normalized spacial score (nSPS) is 10.7. The van der Waals surface area contributed by atoms with Gasteiger partial charge in [-0.15, -0.1) is 11.8 Å². The smallest absolute Gasteiger partial charge is 0.244 e. The van der Waals surface area contributed by atoms with Crippen molar-refractivity contribution in [3.63, 3.8) is 0 Å². The van der Waals surface area contributed by atoms with Gasteiger partial charge in [0.1, 0.15) is 0 Å². The van der Waals surface area contributed by atoms with Gasteiger partial charge in [0.15, 0.2) is 11.5 Å². The maximum absolute atomic E-state index is 12.0. The largest absolute Gasteiger partial charge is 0.493 e. The van der Waals surface area contributed by atoms with Gasteiger partial charge >= 0.3 is 0 Å². The first kappa shape index (κ1) is 18.9. The number of carbonyl (C=O) groups excluding carboxylic acids is 1. The molecule has 0 aliphatic heterocycles. The molecule has 2 aromatic carbocycles. The zero-order valence-corrected chi connectivity index (χ0v) is 15.6. The third-order valence-electron chi connectivity index (χ3n) is 3.54. The number of methoxy groups -OCH3 is 1. The van der Waals surface area contributed by atoms with Crippen LogP contribution in [-0.4, -0.2) is 25.9 Å². The molecule has 0 spiro atoms. The molecule has 132 valence electrons. The fraction of sp³-hybridized carbons (Fsp3) is 0.250. The number of thioether (sulfide) groups is 1. The van der Waals surface area contributed by atoms with E-state index in [9.17, 15) is 4.79 Å². The molecule has 1 amide bonds. The zero-order chi connectivity index (χ0) is 18.1. The first-order chi connectivity index (χ1) is 12.2. The number of ether oxygens (including phenoxy) is 2. The van der Waals surface area contributed by atoms with Gasteiger partial charge in [-0.25, -0.2) is 0 Å². The van der Waals surface area contributed by atoms with Crippen LogP contribution < -0.4 is 14.8 Å². The molecule has 5 heteroatoms. The SMILES string of the molecule is CCOc1cc(CNC(=O)/C=C/c2ccc(SC)cc2)ccc1OC. The Kier molecular flexibility index (Phi) is 7.41. The molecule has 0 aliphatic carbocycles. The van der Waals surface area contributed by atoms with Crippen molar-refractivity contribution in [2.24, 2.45) is 0 Å². The van der Waals surface area contributed by atoms with E-state index in [1.54, 1.807) is 31.0 Å². The van der Waals surface area contributed by atoms with Crippen molar-refractivity contribution in [3.8, 4) is 11.5 Å². The number of amides is 1. The van der Waals surface area contributed by atoms with Crippen LogP contribution in [0.3, 0.4) is 0 Å². The average Bonchev–Trinajstić information content (AvgIpc) is 2.65. The van der Waals surface area contributed by atoms with Crippen molar-refractivity contribution < 1.29 is 14.3 Å². The van der Waals surface area contributed by atoms with E-state index in [-0.39, 0.29) is 5.91 Å². The van der Waals surface area contributed by atoms with Crippen molar-refractivity contribution >= 4 is 23.7 Å². The molecule has 0 atom stereocenters. The zero-order valence-electron chi connectivity index (χ0n) is 14.7. The van der Waals surface area contributed by atoms with Gasteiger partial charge < -0.3 is 14.8 Å². The van der Waals surface area contributed by atoms with Crippen LogP contribution in [0.5, 0.6) is 11.5 Å². The highest BCUT2D eigenvalue weighted by Crippen LogP contribution is 2.27. The number of rotatable bonds is 8. The molecule has 0 saturated carbocycles. The Balaban J connectivity index is 1.92. The van der Waals surface area contributed by atoms with E-state index in [4.69, 9.17) is 9.47 Å². The van der Waals surface area contributed by atoms with Crippen LogP contribution >= 0.6 is 11.8 Å². The molecule has 0 aliphatic rings. The summed E-state index contributed by atoms with van der Waals surface area (Å²) in [6, 6.07) is 13.7. The standard InChI is InChI=1S/C20H23NO3S/c1-4-24-19-13-16(7-11-18(19)23-2)14-21-20(22)12-8-15-5-9-17(25-3)10-6-15/h5-13H,4,14H2,1-3H3,(H,21,22)/b12-8+. The molecule has 0 heterocycles. The molecule has 25 heavy (non-hydrogen) atoms. The van der Waals surface area contributed by atoms with Crippen LogP contribution in [0, 0.1) is 0 Å². The van der Waals surface area contributed by atoms with Crippen molar-refractivity contribution in [1.82, 2.24) is 5.32 Å². The molecule has 0 radical (unpaired) electrons. The van der Waals surface area contributed by atoms with Gasteiger partial charge in [0, 0.05) is 17.5 Å². The molecular weight excluding hydrogens is 334 g/mol. The van der Waals surface area contributed by atoms with Crippen molar-refractivity contribution in [3.05, 3.63) is 59.7 Å². The Labute approximate surface area is 153 Å². The summed E-state index contributed by atoms with van der Waals surface area (Å²) in [5.41, 5.74) is 1.95. The van der Waals surface area contributed by atoms with Crippen molar-refractivity contribution in [1.29, 1.82) is 0 Å². The topological polar surface area (TPSA) is 47.6 Å². The van der Waals surface area contributed by atoms with Crippen molar-refractivity contribution in [2.45, 2.75) is 18.4 Å². The number of nitrogens with one attached hydrogen (secondary N) is 1. The molecule has 1 N–H and O–H groups in total. The highest BCUT2D eigenvalue weighted by molar-refractivity contribution is 7.98. The minimum absolute atomic E-state index is 0.136. The maximum atomic E-state index is 12.0. The number of hydrogen-bond donors (Lipinski definition) is 1. The van der Waals surface area contributed by atoms with E-state index in [0.29, 0.717) is 24.7 Å². The lowest BCUT2D eigenvalue weighted by Gasteiger charge is -2.11. The lowest BCUT2D eigenvalue weighted by molar-refractivity contribution is -0.116. The Hall–Kier alpha value is -2.40. The molecule has 2 rings (SSSR count). The molecule has 0 aromatic heterocycles. The summed E-state index contributed by atoms with van der Waals surface area (Å²) >= 11 is 1.69. The lowest BCUT2D eigenvalue weighted by atomic mass is 10.2. The summed E-state index contributed by atoms with van der Waals surface area (Å²) in [5.74, 6) is 1.23. The highest BCUT2D eigenvalue weighted by Gasteiger charge is 2.06. The van der Waals surface area contributed by atoms with Gasteiger partial charge in [0.2, 0.25) is 5.91 Å². The van der Waals surface area contributed by atoms with E-state index >= 15 is 0 Å². The van der Waals surface area contributed by atoms with E-state index in [0.717, 1.165) is 11.1 Å². The summed E-state index contributed by atoms with van der Waals surface area (Å²) in [6.45, 7) is 2.91. The number of hydrogen-bond acceptors (Lipinski definition) is 4. The third kappa shape index (κ3) is 5.87. The van der Waals surface area contributed by atoms with Crippen LogP contribution in [0.15, 0.2) is 53.4 Å². The van der Waals surface area contributed by atoms with E-state index in [1.165, 1.54) is 4.90 Å². The highest BCUT2D eigenvalue weighted by atomic mass is 32.2. The molecule has 0 fully saturated rings. The van der Waals surface area contributed by atoms with Gasteiger partial charge in [-0.05, 0) is 54.6 Å². The van der Waals surface area contributed by atoms with Gasteiger partial charge in [-0.2, -0.15) is 0 Å². The Bertz CT molecular complexity index is 726. The minimum Gasteiger partial charge on any atom is -0.493 e. The quantitative estimate of drug-likeness (QED) is 0.570. The van der Waals surface area contributed by atoms with Gasteiger partial charge in [-0.3, -0.25) is 4.79 Å². The molecular formula is C20H23NO3S. The Morgan fingerprint density at radius 1 is 1.16 bits per heavy atom. The molecule has 4 nitrogen and oxygen atoms in total. The first-order valence-electron chi connectivity index (χ1n) is 8.06. The summed E-state index contributed by atoms with van der Waals surface area (Å²) in [5, 5.41) is 2.87. The molecule has 0 unspecified atom stereocenters. The fourth-order valence-electron chi connectivity index (χ4n) is 2.23. The monoisotopic (exact) mass is 357 g/mol. The van der Waals surface area contributed by atoms with Gasteiger partial charge in [-0.1, -0.05) is 18.2 Å². The first-order valence-corrected chi connectivity index (χ1v) is 9.28. The molecule has 0 bridgehead atoms. The van der Waals surface area contributed by atoms with Crippen LogP contribution in [0.4, 0.5) is 0 Å². The Morgan fingerprint density at radius 3 is 2.56 bits per heavy atom. The van der Waals surface area contributed by atoms with E-state index in [1.807, 2.05) is 55.6 Å². The fourth-order valence-corrected chi connectivity index (χ4v) is 2.64. The summed E-state index contributed by atoms with van der Waals surface area (Å²) in [4.78, 5) is 13.2. The summed E-state index contributed by atoms with van der Waals surface area (Å²) in [7, 11) is 1.61. The number of carbonyl (C=O) groups is 1. The predicted molar refractivity (Wildman–Crippen MR) is 103 cm³/mol. The molecule has 0 saturated heterocycles. The van der Waals surface area contributed by atoms with E-state index in [2.05, 4.69) is 5.32 Å². The average molecular weight is 357 g/mol. The number of benzene rings is 2. The molecule has 2 aromatic rings. The second-order valence-corrected chi connectivity index (χ2v) is 6.12. The van der Waals surface area contributed by atoms with Gasteiger partial charge in [0.25, 0.3) is 0 Å². The van der Waals surface area contributed by atoms with Crippen molar-refractivity contribution in [2.75, 3.05) is 20.0 Å². The summed E-state index contributed by atoms with van der Waals surface area (Å²) < 4.78 is 10.8. The lowest BCUT2D eigenvalue weighted by Crippen LogP contribution is -2.20. The second-order valence-electron chi connectivity index (χ2n) is 5.24. The maximum Gasteiger partial charge on any atom is 0.244 e. The van der Waals surface area contributed by atoms with E-state index < -0.39 is 0 Å². The second kappa shape index (κ2) is 9.79. The summed E-state index contributed by atoms with van der Waals surface area (Å²) in [6.07, 6.45) is 5.38. The predicted octanol–water partition coefficient (Wildman–Crippen LogP) is 4.15. The third-order valence-corrected chi connectivity index (χ3v) is 4.28. The van der Waals surface area contributed by atoms with Crippen LogP contribution in [0.2, 0.25) is 0 Å². The van der Waals surface area contributed by atoms with Crippen LogP contribution in [0.25, 0.3) is 6.08 Å². The van der Waals surface area contributed by atoms with Crippen LogP contribution in [-0.2, 0) is 11.3 Å². The Morgan fingerprint density at radius 2 is 1.92 bits per heavy atom. The minimum atomic E-state index is -0.136. The van der Waals surface area contributed by atoms with Crippen LogP contribution in [0.1, 0.15) is 18.1 Å². The van der Waals surface area contributed by atoms with Gasteiger partial charge in [0.05, 0.1) is 13.7 Å².